The molecule has 6 heteroatoms. The highest BCUT2D eigenvalue weighted by molar-refractivity contribution is 6.28. The third-order valence-electron chi connectivity index (χ3n) is 3.78. The molecule has 1 fully saturated rings. The van der Waals surface area contributed by atoms with Gasteiger partial charge in [0.2, 0.25) is 5.28 Å². The number of fused-ring (bicyclic) bond motifs is 1. The highest BCUT2D eigenvalue weighted by atomic mass is 35.5. The van der Waals surface area contributed by atoms with E-state index in [-0.39, 0.29) is 10.8 Å². The molecule has 0 saturated heterocycles. The zero-order valence-corrected chi connectivity index (χ0v) is 11.7. The minimum atomic E-state index is -0.316. The molecule has 19 heavy (non-hydrogen) atoms. The third-order valence-corrected chi connectivity index (χ3v) is 4.07. The fourth-order valence-corrected chi connectivity index (χ4v) is 3.07. The largest absolute Gasteiger partial charge is 0.336 e. The Kier molecular flexibility index (Phi) is 3.31. The molecule has 102 valence electrons. The lowest BCUT2D eigenvalue weighted by Gasteiger charge is -2.06. The van der Waals surface area contributed by atoms with E-state index >= 15 is 0 Å². The van der Waals surface area contributed by atoms with Crippen molar-refractivity contribution in [2.45, 2.75) is 51.5 Å². The third kappa shape index (κ3) is 2.16. The van der Waals surface area contributed by atoms with Gasteiger partial charge in [0.05, 0.1) is 0 Å². The first kappa shape index (κ1) is 12.7. The van der Waals surface area contributed by atoms with Crippen molar-refractivity contribution >= 4 is 22.8 Å². The first-order chi connectivity index (χ1) is 9.20. The quantitative estimate of drug-likeness (QED) is 0.879. The van der Waals surface area contributed by atoms with E-state index in [9.17, 15) is 4.79 Å². The predicted octanol–water partition coefficient (Wildman–Crippen LogP) is 2.84. The molecule has 1 saturated carbocycles. The van der Waals surface area contributed by atoms with E-state index in [0.717, 1.165) is 31.6 Å². The van der Waals surface area contributed by atoms with Crippen LogP contribution in [-0.4, -0.2) is 19.5 Å². The second-order valence-corrected chi connectivity index (χ2v) is 5.48. The Morgan fingerprint density at radius 2 is 2.11 bits per heavy atom. The summed E-state index contributed by atoms with van der Waals surface area (Å²) in [6.07, 6.45) is 5.68. The lowest BCUT2D eigenvalue weighted by Crippen LogP contribution is -2.14. The van der Waals surface area contributed by atoms with Crippen LogP contribution in [0.3, 0.4) is 0 Å². The summed E-state index contributed by atoms with van der Waals surface area (Å²) in [6.45, 7) is 2.78. The number of H-pyrrole nitrogens is 1. The number of nitrogens with one attached hydrogen (secondary N) is 1. The van der Waals surface area contributed by atoms with Crippen LogP contribution in [0.5, 0.6) is 0 Å². The van der Waals surface area contributed by atoms with Crippen LogP contribution in [0.2, 0.25) is 5.28 Å². The van der Waals surface area contributed by atoms with Crippen molar-refractivity contribution in [3.8, 4) is 0 Å². The van der Waals surface area contributed by atoms with Gasteiger partial charge >= 0.3 is 0 Å². The van der Waals surface area contributed by atoms with Crippen LogP contribution < -0.4 is 5.56 Å². The molecule has 0 radical (unpaired) electrons. The number of rotatable bonds is 3. The molecule has 2 aromatic rings. The van der Waals surface area contributed by atoms with Crippen LogP contribution >= 0.6 is 11.6 Å². The molecule has 0 amide bonds. The highest BCUT2D eigenvalue weighted by Gasteiger charge is 2.22. The van der Waals surface area contributed by atoms with Gasteiger partial charge in [0, 0.05) is 12.5 Å². The first-order valence-corrected chi connectivity index (χ1v) is 7.24. The van der Waals surface area contributed by atoms with Gasteiger partial charge in [-0.25, -0.2) is 4.98 Å². The Labute approximate surface area is 116 Å². The number of aromatic amines is 1. The number of imidazole rings is 1. The van der Waals surface area contributed by atoms with Gasteiger partial charge in [-0.3, -0.25) is 9.36 Å². The van der Waals surface area contributed by atoms with E-state index in [1.807, 2.05) is 4.57 Å². The van der Waals surface area contributed by atoms with Crippen molar-refractivity contribution in [2.24, 2.45) is 0 Å². The normalized spacial score (nSPS) is 16.5. The van der Waals surface area contributed by atoms with Gasteiger partial charge in [-0.15, -0.1) is 0 Å². The summed E-state index contributed by atoms with van der Waals surface area (Å²) in [6, 6.07) is 0. The Morgan fingerprint density at radius 1 is 1.37 bits per heavy atom. The maximum absolute atomic E-state index is 11.9. The molecule has 1 aliphatic carbocycles. The average Bonchev–Trinajstić information content (AvgIpc) is 3.02. The Bertz CT molecular complexity index is 654. The zero-order chi connectivity index (χ0) is 13.4. The highest BCUT2D eigenvalue weighted by Crippen LogP contribution is 2.33. The monoisotopic (exact) mass is 280 g/mol. The Hall–Kier alpha value is -1.36. The van der Waals surface area contributed by atoms with Crippen LogP contribution in [0.1, 0.15) is 50.8 Å². The van der Waals surface area contributed by atoms with Gasteiger partial charge in [0.1, 0.15) is 5.82 Å². The van der Waals surface area contributed by atoms with Crippen molar-refractivity contribution in [2.75, 3.05) is 0 Å². The Balaban J connectivity index is 2.17. The van der Waals surface area contributed by atoms with Crippen LogP contribution in [0.4, 0.5) is 0 Å². The average molecular weight is 281 g/mol. The van der Waals surface area contributed by atoms with E-state index in [4.69, 9.17) is 11.6 Å². The van der Waals surface area contributed by atoms with Crippen LogP contribution in [0.25, 0.3) is 11.2 Å². The molecule has 0 aromatic carbocycles. The molecule has 3 rings (SSSR count). The van der Waals surface area contributed by atoms with Crippen molar-refractivity contribution in [1.29, 1.82) is 0 Å². The van der Waals surface area contributed by atoms with Crippen LogP contribution in [-0.2, 0) is 6.54 Å². The summed E-state index contributed by atoms with van der Waals surface area (Å²) < 4.78 is 1.81. The van der Waals surface area contributed by atoms with Crippen molar-refractivity contribution < 1.29 is 0 Å². The number of aromatic nitrogens is 4. The summed E-state index contributed by atoms with van der Waals surface area (Å²) >= 11 is 6.05. The summed E-state index contributed by atoms with van der Waals surface area (Å²) in [7, 11) is 0. The van der Waals surface area contributed by atoms with Gasteiger partial charge in [-0.05, 0) is 30.9 Å². The molecule has 1 aliphatic rings. The van der Waals surface area contributed by atoms with E-state index < -0.39 is 0 Å². The summed E-state index contributed by atoms with van der Waals surface area (Å²) in [5, 5.41) is 0.226. The fraction of sp³-hybridized carbons (Fsp3) is 0.615. The van der Waals surface area contributed by atoms with Gasteiger partial charge in [0.25, 0.3) is 5.56 Å². The lowest BCUT2D eigenvalue weighted by molar-refractivity contribution is 0.666. The van der Waals surface area contributed by atoms with Gasteiger partial charge in [-0.1, -0.05) is 19.8 Å². The van der Waals surface area contributed by atoms with Crippen LogP contribution in [0.15, 0.2) is 4.79 Å². The standard InChI is InChI=1S/C13H17ClN4O/c1-2-7-18-11-9(12(19)17-13(18)14)15-10(16-11)8-5-3-4-6-8/h8H,2-7H2,1H3,(H,15,16). The summed E-state index contributed by atoms with van der Waals surface area (Å²) in [4.78, 5) is 23.6. The number of nitrogens with zero attached hydrogens (tertiary/aromatic N) is 3. The van der Waals surface area contributed by atoms with Gasteiger partial charge < -0.3 is 4.98 Å². The SMILES string of the molecule is CCCn1c(Cl)nc(=O)c2[nH]c(C3CCCC3)nc21. The lowest BCUT2D eigenvalue weighted by atomic mass is 10.1. The minimum absolute atomic E-state index is 0.226. The van der Waals surface area contributed by atoms with Crippen molar-refractivity contribution in [3.63, 3.8) is 0 Å². The molecule has 0 atom stereocenters. The molecule has 0 aliphatic heterocycles. The number of hydrogen-bond donors (Lipinski definition) is 1. The smallest absolute Gasteiger partial charge is 0.300 e. The van der Waals surface area contributed by atoms with E-state index in [2.05, 4.69) is 21.9 Å². The number of halogens is 1. The van der Waals surface area contributed by atoms with Gasteiger partial charge in [-0.2, -0.15) is 4.98 Å². The molecule has 2 heterocycles. The fourth-order valence-electron chi connectivity index (χ4n) is 2.83. The molecular weight excluding hydrogens is 264 g/mol. The molecular formula is C13H17ClN4O. The minimum Gasteiger partial charge on any atom is -0.336 e. The Morgan fingerprint density at radius 3 is 2.79 bits per heavy atom. The molecule has 0 unspecified atom stereocenters. The zero-order valence-electron chi connectivity index (χ0n) is 10.9. The molecule has 0 bridgehead atoms. The second kappa shape index (κ2) is 4.96. The molecule has 5 nitrogen and oxygen atoms in total. The molecule has 0 spiro atoms. The maximum Gasteiger partial charge on any atom is 0.300 e. The number of aryl methyl sites for hydroxylation is 1. The maximum atomic E-state index is 11.9. The second-order valence-electron chi connectivity index (χ2n) is 5.14. The summed E-state index contributed by atoms with van der Waals surface area (Å²) in [5.74, 6) is 1.36. The summed E-state index contributed by atoms with van der Waals surface area (Å²) in [5.41, 5.74) is 0.817. The molecule has 1 N–H and O–H groups in total. The van der Waals surface area contributed by atoms with Crippen molar-refractivity contribution in [3.05, 3.63) is 21.5 Å². The van der Waals surface area contributed by atoms with Crippen molar-refractivity contribution in [1.82, 2.24) is 19.5 Å². The molecule has 2 aromatic heterocycles. The predicted molar refractivity (Wildman–Crippen MR) is 74.7 cm³/mol. The van der Waals surface area contributed by atoms with E-state index in [1.54, 1.807) is 0 Å². The number of hydrogen-bond acceptors (Lipinski definition) is 3. The first-order valence-electron chi connectivity index (χ1n) is 6.86. The van der Waals surface area contributed by atoms with E-state index in [1.165, 1.54) is 12.8 Å². The topological polar surface area (TPSA) is 63.6 Å². The van der Waals surface area contributed by atoms with Gasteiger partial charge in [0.15, 0.2) is 11.2 Å². The van der Waals surface area contributed by atoms with E-state index in [0.29, 0.717) is 17.1 Å². The van der Waals surface area contributed by atoms with Crippen LogP contribution in [0, 0.1) is 0 Å².